The minimum absolute atomic E-state index is 0.0442. The van der Waals surface area contributed by atoms with E-state index in [1.54, 1.807) is 29.2 Å². The summed E-state index contributed by atoms with van der Waals surface area (Å²) in [6.07, 6.45) is 0. The first-order valence-electron chi connectivity index (χ1n) is 9.54. The number of anilines is 2. The van der Waals surface area contributed by atoms with Gasteiger partial charge in [0.2, 0.25) is 0 Å². The average Bonchev–Trinajstić information content (AvgIpc) is 2.74. The monoisotopic (exact) mass is 399 g/mol. The molecule has 2 amide bonds. The highest BCUT2D eigenvalue weighted by Gasteiger charge is 2.26. The van der Waals surface area contributed by atoms with Crippen LogP contribution in [0.2, 0.25) is 0 Å². The molecule has 0 spiro atoms. The number of benzene rings is 2. The van der Waals surface area contributed by atoms with Crippen molar-refractivity contribution in [1.29, 1.82) is 0 Å². The first-order chi connectivity index (χ1) is 14.1. The largest absolute Gasteiger partial charge is 0.481 e. The summed E-state index contributed by atoms with van der Waals surface area (Å²) in [4.78, 5) is 28.7. The van der Waals surface area contributed by atoms with Crippen LogP contribution >= 0.6 is 0 Å². The number of nitrogens with zero attached hydrogens (tertiary/aromatic N) is 2. The topological polar surface area (TPSA) is 71.1 Å². The molecule has 2 aromatic carbocycles. The summed E-state index contributed by atoms with van der Waals surface area (Å²) >= 11 is 0. The van der Waals surface area contributed by atoms with Gasteiger partial charge >= 0.3 is 0 Å². The molecule has 0 atom stereocenters. The number of halogens is 1. The summed E-state index contributed by atoms with van der Waals surface area (Å²) in [6, 6.07) is 10.6. The van der Waals surface area contributed by atoms with Crippen LogP contribution in [0.3, 0.4) is 0 Å². The number of carbonyl (C=O) groups excluding carboxylic acids is 2. The van der Waals surface area contributed by atoms with Crippen molar-refractivity contribution in [3.63, 3.8) is 0 Å². The van der Waals surface area contributed by atoms with Gasteiger partial charge in [0.25, 0.3) is 11.8 Å². The molecule has 1 saturated heterocycles. The van der Waals surface area contributed by atoms with Gasteiger partial charge in [-0.25, -0.2) is 4.39 Å². The Morgan fingerprint density at radius 1 is 1.10 bits per heavy atom. The van der Waals surface area contributed by atoms with E-state index in [-0.39, 0.29) is 18.1 Å². The highest BCUT2D eigenvalue weighted by Crippen LogP contribution is 2.34. The second-order valence-electron chi connectivity index (χ2n) is 6.94. The fourth-order valence-electron chi connectivity index (χ4n) is 3.43. The summed E-state index contributed by atoms with van der Waals surface area (Å²) in [5, 5.41) is 2.73. The molecule has 0 bridgehead atoms. The maximum atomic E-state index is 13.3. The Labute approximate surface area is 168 Å². The Bertz CT molecular complexity index is 915. The standard InChI is InChI=1S/C21H22FN3O4/c22-16-3-1-2-15(12-16)21(27)23-17-4-5-18-19(13-17)29-14-20(26)25(18)7-6-24-8-10-28-11-9-24/h1-5,12-13H,6-11,14H2,(H,23,27). The van der Waals surface area contributed by atoms with Crippen LogP contribution in [0.1, 0.15) is 10.4 Å². The molecule has 1 N–H and O–H groups in total. The van der Waals surface area contributed by atoms with Gasteiger partial charge in [-0.3, -0.25) is 14.5 Å². The predicted octanol–water partition coefficient (Wildman–Crippen LogP) is 2.14. The molecule has 0 saturated carbocycles. The molecule has 0 radical (unpaired) electrons. The lowest BCUT2D eigenvalue weighted by atomic mass is 10.1. The summed E-state index contributed by atoms with van der Waals surface area (Å²) in [5.74, 6) is -0.452. The number of hydrogen-bond donors (Lipinski definition) is 1. The maximum Gasteiger partial charge on any atom is 0.265 e. The maximum absolute atomic E-state index is 13.3. The fourth-order valence-corrected chi connectivity index (χ4v) is 3.43. The van der Waals surface area contributed by atoms with E-state index in [1.807, 2.05) is 0 Å². The molecule has 0 unspecified atom stereocenters. The molecule has 2 aromatic rings. The summed E-state index contributed by atoms with van der Waals surface area (Å²) in [7, 11) is 0. The highest BCUT2D eigenvalue weighted by atomic mass is 19.1. The molecule has 2 aliphatic rings. The molecule has 0 aliphatic carbocycles. The van der Waals surface area contributed by atoms with Crippen LogP contribution in [0.4, 0.5) is 15.8 Å². The second-order valence-corrected chi connectivity index (χ2v) is 6.94. The smallest absolute Gasteiger partial charge is 0.265 e. The highest BCUT2D eigenvalue weighted by molar-refractivity contribution is 6.05. The third-order valence-electron chi connectivity index (χ3n) is 4.99. The van der Waals surface area contributed by atoms with Crippen molar-refractivity contribution in [2.75, 3.05) is 56.2 Å². The van der Waals surface area contributed by atoms with Gasteiger partial charge in [0.05, 0.1) is 18.9 Å². The number of fused-ring (bicyclic) bond motifs is 1. The van der Waals surface area contributed by atoms with Gasteiger partial charge in [-0.15, -0.1) is 0 Å². The third-order valence-corrected chi connectivity index (χ3v) is 4.99. The summed E-state index contributed by atoms with van der Waals surface area (Å²) in [5.41, 5.74) is 1.42. The molecule has 7 nitrogen and oxygen atoms in total. The Kier molecular flexibility index (Phi) is 5.73. The molecule has 29 heavy (non-hydrogen) atoms. The molecule has 8 heteroatoms. The van der Waals surface area contributed by atoms with Gasteiger partial charge in [-0.2, -0.15) is 0 Å². The molecule has 2 heterocycles. The van der Waals surface area contributed by atoms with Gasteiger partial charge < -0.3 is 19.7 Å². The molecule has 2 aliphatic heterocycles. The lowest BCUT2D eigenvalue weighted by molar-refractivity contribution is -0.121. The van der Waals surface area contributed by atoms with Crippen molar-refractivity contribution in [3.8, 4) is 5.75 Å². The number of carbonyl (C=O) groups is 2. The van der Waals surface area contributed by atoms with Crippen LogP contribution in [0, 0.1) is 5.82 Å². The number of ether oxygens (including phenoxy) is 2. The minimum Gasteiger partial charge on any atom is -0.481 e. The first-order valence-corrected chi connectivity index (χ1v) is 9.54. The van der Waals surface area contributed by atoms with Gasteiger partial charge in [0.1, 0.15) is 11.6 Å². The van der Waals surface area contributed by atoms with E-state index in [1.165, 1.54) is 18.2 Å². The van der Waals surface area contributed by atoms with E-state index in [9.17, 15) is 14.0 Å². The van der Waals surface area contributed by atoms with Gasteiger partial charge in [0.15, 0.2) is 6.61 Å². The Morgan fingerprint density at radius 3 is 2.72 bits per heavy atom. The summed E-state index contributed by atoms with van der Waals surface area (Å²) in [6.45, 7) is 4.41. The van der Waals surface area contributed by atoms with Crippen molar-refractivity contribution in [2.45, 2.75) is 0 Å². The van der Waals surface area contributed by atoms with Crippen LogP contribution in [0.5, 0.6) is 5.75 Å². The van der Waals surface area contributed by atoms with E-state index in [0.29, 0.717) is 36.9 Å². The Hall–Kier alpha value is -2.97. The van der Waals surface area contributed by atoms with E-state index in [4.69, 9.17) is 9.47 Å². The Balaban J connectivity index is 1.46. The molecule has 1 fully saturated rings. The molecular weight excluding hydrogens is 377 g/mol. The normalized spacial score (nSPS) is 16.9. The fraction of sp³-hybridized carbons (Fsp3) is 0.333. The van der Waals surface area contributed by atoms with E-state index < -0.39 is 11.7 Å². The number of nitrogens with one attached hydrogen (secondary N) is 1. The SMILES string of the molecule is O=C(Nc1ccc2c(c1)OCC(=O)N2CCN1CCOCC1)c1cccc(F)c1. The quantitative estimate of drug-likeness (QED) is 0.834. The number of amides is 2. The molecule has 152 valence electrons. The zero-order chi connectivity index (χ0) is 20.2. The number of morpholine rings is 1. The van der Waals surface area contributed by atoms with Crippen LogP contribution in [0.15, 0.2) is 42.5 Å². The van der Waals surface area contributed by atoms with Crippen molar-refractivity contribution < 1.29 is 23.5 Å². The van der Waals surface area contributed by atoms with Crippen LogP contribution < -0.4 is 15.0 Å². The van der Waals surface area contributed by atoms with Gasteiger partial charge in [0, 0.05) is 43.5 Å². The van der Waals surface area contributed by atoms with Crippen LogP contribution in [-0.2, 0) is 9.53 Å². The van der Waals surface area contributed by atoms with Crippen LogP contribution in [0.25, 0.3) is 0 Å². The van der Waals surface area contributed by atoms with E-state index in [2.05, 4.69) is 10.2 Å². The first kappa shape index (κ1) is 19.4. The summed E-state index contributed by atoms with van der Waals surface area (Å²) < 4.78 is 24.3. The minimum atomic E-state index is -0.471. The van der Waals surface area contributed by atoms with E-state index in [0.717, 1.165) is 19.6 Å². The van der Waals surface area contributed by atoms with Crippen LogP contribution in [-0.4, -0.2) is 62.7 Å². The predicted molar refractivity (Wildman–Crippen MR) is 106 cm³/mol. The van der Waals surface area contributed by atoms with Crippen molar-refractivity contribution in [2.24, 2.45) is 0 Å². The average molecular weight is 399 g/mol. The Morgan fingerprint density at radius 2 is 1.93 bits per heavy atom. The third kappa shape index (κ3) is 4.55. The lowest BCUT2D eigenvalue weighted by Crippen LogP contribution is -2.45. The van der Waals surface area contributed by atoms with Crippen molar-refractivity contribution in [1.82, 2.24) is 4.90 Å². The number of hydrogen-bond acceptors (Lipinski definition) is 5. The van der Waals surface area contributed by atoms with Crippen molar-refractivity contribution >= 4 is 23.2 Å². The van der Waals surface area contributed by atoms with E-state index >= 15 is 0 Å². The van der Waals surface area contributed by atoms with Crippen molar-refractivity contribution in [3.05, 3.63) is 53.8 Å². The second kappa shape index (κ2) is 8.59. The molecule has 4 rings (SSSR count). The van der Waals surface area contributed by atoms with Gasteiger partial charge in [-0.1, -0.05) is 6.07 Å². The molecule has 0 aromatic heterocycles. The molecular formula is C21H22FN3O4. The zero-order valence-corrected chi connectivity index (χ0v) is 15.9. The lowest BCUT2D eigenvalue weighted by Gasteiger charge is -2.33. The zero-order valence-electron chi connectivity index (χ0n) is 15.9. The number of rotatable bonds is 5. The van der Waals surface area contributed by atoms with Gasteiger partial charge in [-0.05, 0) is 30.3 Å².